The Morgan fingerprint density at radius 1 is 0.293 bits per heavy atom. The third kappa shape index (κ3) is 14.6. The van der Waals surface area contributed by atoms with E-state index in [1.54, 1.807) is 97.1 Å². The first-order chi connectivity index (χ1) is 43.8. The minimum absolute atomic E-state index is 0.0381. The van der Waals surface area contributed by atoms with Crippen molar-refractivity contribution in [1.82, 2.24) is 41.2 Å². The van der Waals surface area contributed by atoms with Gasteiger partial charge in [-0.2, -0.15) is 0 Å². The van der Waals surface area contributed by atoms with Gasteiger partial charge in [0, 0.05) is 66.6 Å². The largest absolute Gasteiger partial charge is 0.481 e. The van der Waals surface area contributed by atoms with Crippen molar-refractivity contribution >= 4 is 118 Å². The molecule has 2 aliphatic heterocycles. The summed E-state index contributed by atoms with van der Waals surface area (Å²) in [5.74, 6) is -15.7. The van der Waals surface area contributed by atoms with Gasteiger partial charge in [-0.3, -0.25) is 38.4 Å². The zero-order valence-electron chi connectivity index (χ0n) is 47.4. The van der Waals surface area contributed by atoms with Gasteiger partial charge in [-0.15, -0.1) is 0 Å². The van der Waals surface area contributed by atoms with E-state index >= 15 is 0 Å². The second-order valence-corrected chi connectivity index (χ2v) is 20.7. The highest BCUT2D eigenvalue weighted by Crippen LogP contribution is 2.39. The van der Waals surface area contributed by atoms with Crippen LogP contribution in [0.4, 0.5) is 0 Å². The van der Waals surface area contributed by atoms with Crippen LogP contribution < -0.4 is 21.3 Å². The monoisotopic (exact) mass is 1250 g/mol. The Balaban J connectivity index is 1.29. The Hall–Kier alpha value is -12.9. The molecule has 0 radical (unpaired) electrons. The maximum absolute atomic E-state index is 13.4. The fourth-order valence-corrected chi connectivity index (χ4v) is 10.0. The summed E-state index contributed by atoms with van der Waals surface area (Å²) in [6.45, 7) is 0. The van der Waals surface area contributed by atoms with Crippen molar-refractivity contribution in [3.63, 3.8) is 0 Å². The third-order valence-electron chi connectivity index (χ3n) is 14.4. The zero-order valence-corrected chi connectivity index (χ0v) is 47.4. The Labute approximate surface area is 516 Å². The van der Waals surface area contributed by atoms with E-state index in [1.807, 2.05) is 0 Å². The highest BCUT2D eigenvalue weighted by atomic mass is 16.4. The van der Waals surface area contributed by atoms with Gasteiger partial charge in [0.05, 0.1) is 48.5 Å². The summed E-state index contributed by atoms with van der Waals surface area (Å²) in [4.78, 5) is 164. The first kappa shape index (κ1) is 63.6. The van der Waals surface area contributed by atoms with Gasteiger partial charge >= 0.3 is 47.8 Å². The van der Waals surface area contributed by atoms with Gasteiger partial charge in [0.1, 0.15) is 24.2 Å². The van der Waals surface area contributed by atoms with E-state index in [4.69, 9.17) is 9.97 Å². The molecule has 28 heteroatoms. The number of hydrogen-bond acceptors (Lipinski definition) is 14. The summed E-state index contributed by atoms with van der Waals surface area (Å²) < 4.78 is 0. The van der Waals surface area contributed by atoms with Crippen LogP contribution in [0.25, 0.3) is 90.9 Å². The molecule has 92 heavy (non-hydrogen) atoms. The molecule has 0 aliphatic carbocycles. The molecular formula is C64H50N8O20. The number of aromatic amines is 2. The first-order valence-electron chi connectivity index (χ1n) is 27.4. The lowest BCUT2D eigenvalue weighted by molar-refractivity contribution is -0.145. The molecule has 3 aromatic heterocycles. The van der Waals surface area contributed by atoms with E-state index in [1.165, 1.54) is 48.5 Å². The summed E-state index contributed by atoms with van der Waals surface area (Å²) >= 11 is 0. The fourth-order valence-electron chi connectivity index (χ4n) is 10.0. The van der Waals surface area contributed by atoms with E-state index < -0.39 is 121 Å². The average molecular weight is 1250 g/mol. The molecule has 4 atom stereocenters. The summed E-state index contributed by atoms with van der Waals surface area (Å²) in [6.07, 6.45) is 3.13. The molecule has 8 bridgehead atoms. The molecule has 5 heterocycles. The van der Waals surface area contributed by atoms with Gasteiger partial charge in [-0.05, 0) is 119 Å². The topological polar surface area (TPSA) is 472 Å². The molecule has 0 saturated heterocycles. The molecule has 2 aliphatic rings. The Kier molecular flexibility index (Phi) is 18.7. The quantitative estimate of drug-likeness (QED) is 0.0332. The second-order valence-electron chi connectivity index (χ2n) is 20.7. The second kappa shape index (κ2) is 27.0. The minimum atomic E-state index is -1.76. The van der Waals surface area contributed by atoms with E-state index in [9.17, 15) is 98.4 Å². The van der Waals surface area contributed by atoms with Crippen LogP contribution in [0.2, 0.25) is 0 Å². The maximum atomic E-state index is 13.4. The van der Waals surface area contributed by atoms with Crippen molar-refractivity contribution in [2.45, 2.75) is 49.9 Å². The maximum Gasteiger partial charge on any atom is 0.326 e. The number of H-pyrrole nitrogens is 2. The number of fused-ring (bicyclic) bond motifs is 8. The number of aromatic nitrogens is 4. The van der Waals surface area contributed by atoms with Crippen LogP contribution in [0, 0.1) is 0 Å². The molecule has 28 nitrogen and oxygen atoms in total. The van der Waals surface area contributed by atoms with Crippen molar-refractivity contribution < 1.29 is 98.4 Å². The number of carbonyl (C=O) groups excluding carboxylic acids is 4. The molecule has 0 unspecified atom stereocenters. The van der Waals surface area contributed by atoms with Crippen LogP contribution >= 0.6 is 0 Å². The van der Waals surface area contributed by atoms with Gasteiger partial charge in [-0.25, -0.2) is 29.1 Å². The van der Waals surface area contributed by atoms with E-state index in [0.717, 1.165) is 0 Å². The van der Waals surface area contributed by atoms with Gasteiger partial charge in [0.15, 0.2) is 0 Å². The van der Waals surface area contributed by atoms with Crippen LogP contribution in [0.1, 0.15) is 89.9 Å². The van der Waals surface area contributed by atoms with Crippen LogP contribution in [0.3, 0.4) is 0 Å². The number of nitrogens with one attached hydrogen (secondary N) is 6. The van der Waals surface area contributed by atoms with Crippen molar-refractivity contribution in [2.24, 2.45) is 0 Å². The third-order valence-corrected chi connectivity index (χ3v) is 14.4. The molecule has 466 valence electrons. The Morgan fingerprint density at radius 3 is 0.641 bits per heavy atom. The van der Waals surface area contributed by atoms with Crippen molar-refractivity contribution in [3.05, 3.63) is 166 Å². The first-order valence-corrected chi connectivity index (χ1v) is 27.4. The molecule has 0 saturated carbocycles. The van der Waals surface area contributed by atoms with Crippen LogP contribution in [-0.4, -0.2) is 156 Å². The SMILES string of the molecule is O=C(O)C[C@H](NC(=O)c1ccc(-c2c3nc(c(-c4ccc(C(=O)N[C@@H](CC(=O)O)C(=O)O)cc4)c4ccc([nH]4)c(-c4ccc(C(=O)N[C@@H](CC(=O)O)C(=O)O)cc4)c4nc(c(-c5ccc(C(=O)N[C@@H](CC(=O)O)C(=O)O)cc5)c5ccc2[nH]5)C=C4)C=C3)cc1)C(=O)O. The zero-order chi connectivity index (χ0) is 66.2. The average Bonchev–Trinajstić information content (AvgIpc) is 1.65. The number of rotatable bonds is 24. The molecule has 4 amide bonds. The predicted molar refractivity (Wildman–Crippen MR) is 325 cm³/mol. The van der Waals surface area contributed by atoms with Crippen molar-refractivity contribution in [1.29, 1.82) is 0 Å². The predicted octanol–water partition coefficient (Wildman–Crippen LogP) is 5.95. The summed E-state index contributed by atoms with van der Waals surface area (Å²) in [6, 6.07) is 23.3. The smallest absolute Gasteiger partial charge is 0.326 e. The number of carbonyl (C=O) groups is 12. The van der Waals surface area contributed by atoms with Crippen LogP contribution in [0.15, 0.2) is 121 Å². The van der Waals surface area contributed by atoms with E-state index in [2.05, 4.69) is 31.2 Å². The highest BCUT2D eigenvalue weighted by molar-refractivity contribution is 6.04. The van der Waals surface area contributed by atoms with Crippen LogP contribution in [-0.2, 0) is 38.4 Å². The van der Waals surface area contributed by atoms with Crippen molar-refractivity contribution in [2.75, 3.05) is 0 Å². The number of nitrogens with zero attached hydrogens (tertiary/aromatic N) is 2. The lowest BCUT2D eigenvalue weighted by Gasteiger charge is -2.13. The van der Waals surface area contributed by atoms with Gasteiger partial charge < -0.3 is 72.1 Å². The minimum Gasteiger partial charge on any atom is -0.481 e. The molecular weight excluding hydrogens is 1200 g/mol. The standard InChI is InChI=1S/C64H50N8O20/c73-49(74)25-45(61(85)86)69-57(81)33-9-1-29(2-10-33)53-37-17-19-39(65-37)54(30-3-11-34(12-4-30)58(82)70-46(62(87)88)26-50(75)76)41-21-23-43(67-41)56(32-7-15-36(16-8-32)60(84)72-48(64(91)92)28-52(79)80)44-24-22-42(68-44)55(40-20-18-38(53)66-40)31-5-13-35(14-6-31)59(83)71-47(63(89)90)27-51(77)78/h1-24,45-48,65,68H,25-28H2,(H,69,81)(H,70,82)(H,71,83)(H,72,84)(H,73,74)(H,75,76)(H,77,78)(H,79,80)(H,85,86)(H,87,88)(H,89,90)(H,91,92)/t45-,46-,47-,48-/m0/s1. The number of benzene rings is 4. The lowest BCUT2D eigenvalue weighted by Crippen LogP contribution is -2.42. The molecule has 0 fully saturated rings. The summed E-state index contributed by atoms with van der Waals surface area (Å²) in [5, 5.41) is 84.7. The highest BCUT2D eigenvalue weighted by Gasteiger charge is 2.29. The number of carboxylic acids is 8. The molecule has 4 aromatic carbocycles. The van der Waals surface area contributed by atoms with Crippen molar-refractivity contribution in [3.8, 4) is 44.5 Å². The molecule has 0 spiro atoms. The van der Waals surface area contributed by atoms with Gasteiger partial charge in [0.2, 0.25) is 0 Å². The van der Waals surface area contributed by atoms with E-state index in [-0.39, 0.29) is 22.3 Å². The summed E-state index contributed by atoms with van der Waals surface area (Å²) in [7, 11) is 0. The number of carboxylic acid groups (broad SMARTS) is 8. The number of hydrogen-bond donors (Lipinski definition) is 14. The van der Waals surface area contributed by atoms with Gasteiger partial charge in [-0.1, -0.05) is 48.5 Å². The van der Waals surface area contributed by atoms with Crippen LogP contribution in [0.5, 0.6) is 0 Å². The van der Waals surface area contributed by atoms with E-state index in [0.29, 0.717) is 89.4 Å². The Morgan fingerprint density at radius 2 is 0.478 bits per heavy atom. The normalized spacial score (nSPS) is 12.7. The fraction of sp³-hybridized carbons (Fsp3) is 0.125. The summed E-state index contributed by atoms with van der Waals surface area (Å²) in [5.41, 5.74) is 6.05. The molecule has 7 aromatic rings. The van der Waals surface area contributed by atoms with Gasteiger partial charge in [0.25, 0.3) is 23.6 Å². The molecule has 9 rings (SSSR count). The number of aliphatic carboxylic acids is 8. The number of amides is 4. The Bertz CT molecular complexity index is 3920. The lowest BCUT2D eigenvalue weighted by atomic mass is 10.0. The molecule has 14 N–H and O–H groups in total.